The van der Waals surface area contributed by atoms with Crippen molar-refractivity contribution >= 4 is 23.6 Å². The molecule has 1 aliphatic carbocycles. The molecule has 2 amide bonds. The van der Waals surface area contributed by atoms with E-state index >= 15 is 0 Å². The number of hydrogen-bond acceptors (Lipinski definition) is 4. The predicted octanol–water partition coefficient (Wildman–Crippen LogP) is 3.73. The fourth-order valence-electron chi connectivity index (χ4n) is 3.31. The second kappa shape index (κ2) is 12.0. The van der Waals surface area contributed by atoms with Gasteiger partial charge in [0.1, 0.15) is 0 Å². The van der Waals surface area contributed by atoms with Gasteiger partial charge in [-0.2, -0.15) is 0 Å². The molecule has 0 bridgehead atoms. The molecule has 0 aliphatic heterocycles. The van der Waals surface area contributed by atoms with Crippen molar-refractivity contribution in [3.8, 4) is 0 Å². The van der Waals surface area contributed by atoms with Crippen molar-refractivity contribution in [1.82, 2.24) is 10.2 Å². The Morgan fingerprint density at radius 3 is 2.70 bits per heavy atom. The largest absolute Gasteiger partial charge is 0.382 e. The van der Waals surface area contributed by atoms with Gasteiger partial charge < -0.3 is 15.0 Å². The zero-order valence-electron chi connectivity index (χ0n) is 16.5. The molecule has 1 N–H and O–H groups in total. The lowest BCUT2D eigenvalue weighted by Crippen LogP contribution is -2.39. The molecule has 0 aromatic heterocycles. The number of benzene rings is 1. The molecule has 27 heavy (non-hydrogen) atoms. The molecule has 150 valence electrons. The Morgan fingerprint density at radius 1 is 1.22 bits per heavy atom. The van der Waals surface area contributed by atoms with E-state index in [0.29, 0.717) is 37.1 Å². The van der Waals surface area contributed by atoms with Gasteiger partial charge in [0.15, 0.2) is 0 Å². The molecule has 2 rings (SSSR count). The third-order valence-corrected chi connectivity index (χ3v) is 6.01. The van der Waals surface area contributed by atoms with E-state index in [4.69, 9.17) is 4.74 Å². The van der Waals surface area contributed by atoms with E-state index in [1.54, 1.807) is 0 Å². The maximum atomic E-state index is 12.6. The van der Waals surface area contributed by atoms with Gasteiger partial charge in [0.25, 0.3) is 5.91 Å². The average molecular weight is 393 g/mol. The Bertz CT molecular complexity index is 603. The molecule has 1 aromatic rings. The molecule has 1 aromatic carbocycles. The van der Waals surface area contributed by atoms with Crippen LogP contribution in [-0.4, -0.2) is 55.3 Å². The molecular formula is C21H32N2O3S. The number of nitrogens with one attached hydrogen (secondary N) is 1. The van der Waals surface area contributed by atoms with E-state index < -0.39 is 0 Å². The molecular weight excluding hydrogens is 360 g/mol. The SMILES string of the molecule is CCOCCCNC(=O)c1ccccc1SCC(=O)N(C)C1CCCCC1. The quantitative estimate of drug-likeness (QED) is 0.487. The van der Waals surface area contributed by atoms with Crippen molar-refractivity contribution in [2.75, 3.05) is 32.6 Å². The summed E-state index contributed by atoms with van der Waals surface area (Å²) in [7, 11) is 1.91. The molecule has 6 heteroatoms. The zero-order chi connectivity index (χ0) is 19.5. The van der Waals surface area contributed by atoms with E-state index in [-0.39, 0.29) is 11.8 Å². The number of nitrogens with zero attached hydrogens (tertiary/aromatic N) is 1. The molecule has 1 fully saturated rings. The van der Waals surface area contributed by atoms with Gasteiger partial charge in [-0.3, -0.25) is 9.59 Å². The third kappa shape index (κ3) is 7.18. The molecule has 1 aliphatic rings. The summed E-state index contributed by atoms with van der Waals surface area (Å²) < 4.78 is 5.28. The van der Waals surface area contributed by atoms with Gasteiger partial charge in [-0.15, -0.1) is 11.8 Å². The molecule has 1 saturated carbocycles. The fourth-order valence-corrected chi connectivity index (χ4v) is 4.28. The summed E-state index contributed by atoms with van der Waals surface area (Å²) in [5, 5.41) is 2.93. The van der Waals surface area contributed by atoms with Crippen LogP contribution >= 0.6 is 11.8 Å². The van der Waals surface area contributed by atoms with Crippen molar-refractivity contribution in [2.24, 2.45) is 0 Å². The van der Waals surface area contributed by atoms with Gasteiger partial charge in [0.05, 0.1) is 11.3 Å². The van der Waals surface area contributed by atoms with Gasteiger partial charge in [-0.1, -0.05) is 31.4 Å². The summed E-state index contributed by atoms with van der Waals surface area (Å²) in [5.74, 6) is 0.406. The lowest BCUT2D eigenvalue weighted by atomic mass is 9.94. The second-order valence-electron chi connectivity index (χ2n) is 6.89. The van der Waals surface area contributed by atoms with E-state index in [0.717, 1.165) is 24.2 Å². The third-order valence-electron chi connectivity index (χ3n) is 4.95. The number of amides is 2. The van der Waals surface area contributed by atoms with Crippen LogP contribution in [-0.2, 0) is 9.53 Å². The van der Waals surface area contributed by atoms with Crippen LogP contribution in [0.15, 0.2) is 29.2 Å². The van der Waals surface area contributed by atoms with Crippen LogP contribution < -0.4 is 5.32 Å². The second-order valence-corrected chi connectivity index (χ2v) is 7.90. The Balaban J connectivity index is 1.85. The standard InChI is InChI=1S/C21H32N2O3S/c1-3-26-15-9-14-22-21(25)18-12-7-8-13-19(18)27-16-20(24)23(2)17-10-5-4-6-11-17/h7-8,12-13,17H,3-6,9-11,14-16H2,1-2H3,(H,22,25). The Hall–Kier alpha value is -1.53. The fraction of sp³-hybridized carbons (Fsp3) is 0.619. The van der Waals surface area contributed by atoms with Gasteiger partial charge in [-0.05, 0) is 38.3 Å². The highest BCUT2D eigenvalue weighted by molar-refractivity contribution is 8.00. The Morgan fingerprint density at radius 2 is 1.96 bits per heavy atom. The number of rotatable bonds is 10. The normalized spacial score (nSPS) is 14.7. The van der Waals surface area contributed by atoms with Crippen molar-refractivity contribution in [2.45, 2.75) is 56.4 Å². The summed E-state index contributed by atoms with van der Waals surface area (Å²) in [5.41, 5.74) is 0.632. The first-order valence-electron chi connectivity index (χ1n) is 9.97. The van der Waals surface area contributed by atoms with Crippen molar-refractivity contribution < 1.29 is 14.3 Å². The van der Waals surface area contributed by atoms with Crippen LogP contribution in [0, 0.1) is 0 Å². The molecule has 0 heterocycles. The molecule has 0 spiro atoms. The first-order valence-corrected chi connectivity index (χ1v) is 11.0. The minimum absolute atomic E-state index is 0.0947. The first-order chi connectivity index (χ1) is 13.1. The molecule has 0 unspecified atom stereocenters. The zero-order valence-corrected chi connectivity index (χ0v) is 17.4. The average Bonchev–Trinajstić information content (AvgIpc) is 2.72. The lowest BCUT2D eigenvalue weighted by molar-refractivity contribution is -0.129. The highest BCUT2D eigenvalue weighted by Crippen LogP contribution is 2.25. The summed E-state index contributed by atoms with van der Waals surface area (Å²) in [4.78, 5) is 27.8. The highest BCUT2D eigenvalue weighted by Gasteiger charge is 2.22. The molecule has 0 atom stereocenters. The summed E-state index contributed by atoms with van der Waals surface area (Å²) >= 11 is 1.45. The molecule has 0 radical (unpaired) electrons. The van der Waals surface area contributed by atoms with Crippen LogP contribution in [0.2, 0.25) is 0 Å². The number of carbonyl (C=O) groups excluding carboxylic acids is 2. The van der Waals surface area contributed by atoms with Gasteiger partial charge in [0.2, 0.25) is 5.91 Å². The predicted molar refractivity (Wildman–Crippen MR) is 110 cm³/mol. The van der Waals surface area contributed by atoms with Crippen LogP contribution in [0.3, 0.4) is 0 Å². The minimum atomic E-state index is -0.0947. The van der Waals surface area contributed by atoms with E-state index in [9.17, 15) is 9.59 Å². The highest BCUT2D eigenvalue weighted by atomic mass is 32.2. The lowest BCUT2D eigenvalue weighted by Gasteiger charge is -2.31. The van der Waals surface area contributed by atoms with Crippen LogP contribution in [0.25, 0.3) is 0 Å². The van der Waals surface area contributed by atoms with Crippen molar-refractivity contribution in [3.05, 3.63) is 29.8 Å². The van der Waals surface area contributed by atoms with Crippen molar-refractivity contribution in [3.63, 3.8) is 0 Å². The molecule has 0 saturated heterocycles. The van der Waals surface area contributed by atoms with E-state index in [1.807, 2.05) is 43.1 Å². The van der Waals surface area contributed by atoms with E-state index in [1.165, 1.54) is 31.0 Å². The number of ether oxygens (including phenoxy) is 1. The van der Waals surface area contributed by atoms with Crippen LogP contribution in [0.5, 0.6) is 0 Å². The van der Waals surface area contributed by atoms with Crippen molar-refractivity contribution in [1.29, 1.82) is 0 Å². The van der Waals surface area contributed by atoms with Gasteiger partial charge in [-0.25, -0.2) is 0 Å². The number of thioether (sulfide) groups is 1. The minimum Gasteiger partial charge on any atom is -0.382 e. The van der Waals surface area contributed by atoms with Crippen LogP contribution in [0.4, 0.5) is 0 Å². The number of carbonyl (C=O) groups is 2. The van der Waals surface area contributed by atoms with Gasteiger partial charge in [0, 0.05) is 37.7 Å². The summed E-state index contributed by atoms with van der Waals surface area (Å²) in [6.45, 7) is 3.88. The van der Waals surface area contributed by atoms with Crippen LogP contribution in [0.1, 0.15) is 55.8 Å². The first kappa shape index (κ1) is 21.8. The Labute approximate surface area is 167 Å². The Kier molecular flexibility index (Phi) is 9.70. The maximum absolute atomic E-state index is 12.6. The molecule has 5 nitrogen and oxygen atoms in total. The smallest absolute Gasteiger partial charge is 0.252 e. The maximum Gasteiger partial charge on any atom is 0.252 e. The monoisotopic (exact) mass is 392 g/mol. The topological polar surface area (TPSA) is 58.6 Å². The summed E-state index contributed by atoms with van der Waals surface area (Å²) in [6.07, 6.45) is 6.70. The van der Waals surface area contributed by atoms with E-state index in [2.05, 4.69) is 5.32 Å². The number of hydrogen-bond donors (Lipinski definition) is 1. The summed E-state index contributed by atoms with van der Waals surface area (Å²) in [6, 6.07) is 7.86. The van der Waals surface area contributed by atoms with Gasteiger partial charge >= 0.3 is 0 Å².